The molecule has 1 aromatic carbocycles. The summed E-state index contributed by atoms with van der Waals surface area (Å²) in [5, 5.41) is 6.79. The summed E-state index contributed by atoms with van der Waals surface area (Å²) in [6.07, 6.45) is 0. The second-order valence-electron chi connectivity index (χ2n) is 6.06. The minimum atomic E-state index is -0.126. The van der Waals surface area contributed by atoms with Gasteiger partial charge < -0.3 is 19.3 Å². The van der Waals surface area contributed by atoms with Crippen molar-refractivity contribution < 1.29 is 18.8 Å². The molecular formula is C18H24N2O4. The van der Waals surface area contributed by atoms with Crippen molar-refractivity contribution in [3.8, 4) is 11.5 Å². The molecule has 1 N–H and O–H groups in total. The van der Waals surface area contributed by atoms with Crippen LogP contribution in [-0.2, 0) is 6.61 Å². The molecule has 1 aromatic heterocycles. The molecule has 6 heteroatoms. The third-order valence-electron chi connectivity index (χ3n) is 3.65. The van der Waals surface area contributed by atoms with Crippen molar-refractivity contribution in [3.63, 3.8) is 0 Å². The van der Waals surface area contributed by atoms with Crippen molar-refractivity contribution in [2.24, 2.45) is 5.92 Å². The van der Waals surface area contributed by atoms with Crippen LogP contribution in [-0.4, -0.2) is 24.7 Å². The fourth-order valence-electron chi connectivity index (χ4n) is 2.18. The van der Waals surface area contributed by atoms with Crippen LogP contribution in [0.2, 0.25) is 0 Å². The maximum Gasteiger partial charge on any atom is 0.251 e. The predicted octanol–water partition coefficient (Wildman–Crippen LogP) is 3.26. The molecule has 1 amide bonds. The zero-order valence-corrected chi connectivity index (χ0v) is 14.8. The van der Waals surface area contributed by atoms with E-state index in [0.717, 1.165) is 17.0 Å². The van der Waals surface area contributed by atoms with Gasteiger partial charge in [0, 0.05) is 12.1 Å². The van der Waals surface area contributed by atoms with Crippen LogP contribution < -0.4 is 14.8 Å². The van der Waals surface area contributed by atoms with Crippen LogP contribution in [0.25, 0.3) is 0 Å². The Labute approximate surface area is 142 Å². The molecule has 0 saturated carbocycles. The minimum Gasteiger partial charge on any atom is -0.493 e. The van der Waals surface area contributed by atoms with E-state index in [2.05, 4.69) is 10.5 Å². The highest BCUT2D eigenvalue weighted by Crippen LogP contribution is 2.29. The first-order valence-electron chi connectivity index (χ1n) is 7.93. The molecule has 24 heavy (non-hydrogen) atoms. The van der Waals surface area contributed by atoms with E-state index in [1.165, 1.54) is 0 Å². The first-order chi connectivity index (χ1) is 11.4. The van der Waals surface area contributed by atoms with Gasteiger partial charge in [-0.05, 0) is 38.0 Å². The molecule has 6 nitrogen and oxygen atoms in total. The van der Waals surface area contributed by atoms with Gasteiger partial charge in [0.25, 0.3) is 5.91 Å². The largest absolute Gasteiger partial charge is 0.493 e. The molecule has 0 fully saturated rings. The Morgan fingerprint density at radius 2 is 2.04 bits per heavy atom. The summed E-state index contributed by atoms with van der Waals surface area (Å²) in [5.74, 6) is 2.08. The van der Waals surface area contributed by atoms with Crippen LogP contribution in [0, 0.1) is 19.8 Å². The number of aryl methyl sites for hydroxylation is 2. The van der Waals surface area contributed by atoms with Gasteiger partial charge in [-0.3, -0.25) is 4.79 Å². The second kappa shape index (κ2) is 7.86. The number of hydrogen-bond donors (Lipinski definition) is 1. The van der Waals surface area contributed by atoms with Gasteiger partial charge in [-0.25, -0.2) is 0 Å². The van der Waals surface area contributed by atoms with Crippen LogP contribution in [0.15, 0.2) is 22.7 Å². The van der Waals surface area contributed by atoms with E-state index in [0.29, 0.717) is 36.1 Å². The summed E-state index contributed by atoms with van der Waals surface area (Å²) in [4.78, 5) is 12.1. The Balaban J connectivity index is 2.10. The number of methoxy groups -OCH3 is 1. The fourth-order valence-corrected chi connectivity index (χ4v) is 2.18. The molecule has 0 saturated heterocycles. The highest BCUT2D eigenvalue weighted by atomic mass is 16.5. The number of carbonyl (C=O) groups excluding carboxylic acids is 1. The third-order valence-corrected chi connectivity index (χ3v) is 3.65. The summed E-state index contributed by atoms with van der Waals surface area (Å²) < 4.78 is 16.3. The van der Waals surface area contributed by atoms with Gasteiger partial charge in [0.15, 0.2) is 11.5 Å². The summed E-state index contributed by atoms with van der Waals surface area (Å²) in [6, 6.07) is 5.14. The number of benzene rings is 1. The van der Waals surface area contributed by atoms with E-state index >= 15 is 0 Å². The lowest BCUT2D eigenvalue weighted by atomic mass is 10.1. The maximum absolute atomic E-state index is 12.1. The number of nitrogens with one attached hydrogen (secondary N) is 1. The molecular weight excluding hydrogens is 308 g/mol. The molecule has 0 aliphatic heterocycles. The van der Waals surface area contributed by atoms with Gasteiger partial charge >= 0.3 is 0 Å². The van der Waals surface area contributed by atoms with Crippen molar-refractivity contribution in [2.75, 3.05) is 13.7 Å². The Bertz CT molecular complexity index is 688. The molecule has 0 atom stereocenters. The van der Waals surface area contributed by atoms with E-state index in [4.69, 9.17) is 14.0 Å². The smallest absolute Gasteiger partial charge is 0.251 e. The molecule has 0 unspecified atom stereocenters. The highest BCUT2D eigenvalue weighted by molar-refractivity contribution is 5.94. The molecule has 2 rings (SSSR count). The summed E-state index contributed by atoms with van der Waals surface area (Å²) in [6.45, 7) is 8.77. The molecule has 1 heterocycles. The number of rotatable bonds is 7. The molecule has 0 bridgehead atoms. The summed E-state index contributed by atoms with van der Waals surface area (Å²) in [5.41, 5.74) is 2.25. The minimum absolute atomic E-state index is 0.126. The van der Waals surface area contributed by atoms with Crippen molar-refractivity contribution >= 4 is 5.91 Å². The number of carbonyl (C=O) groups is 1. The van der Waals surface area contributed by atoms with E-state index in [-0.39, 0.29) is 5.91 Å². The van der Waals surface area contributed by atoms with Crippen LogP contribution in [0.3, 0.4) is 0 Å². The Kier molecular flexibility index (Phi) is 5.84. The SMILES string of the molecule is COc1cc(C(=O)NCC(C)C)ccc1OCc1c(C)noc1C. The van der Waals surface area contributed by atoms with Crippen LogP contribution in [0.5, 0.6) is 11.5 Å². The molecule has 130 valence electrons. The van der Waals surface area contributed by atoms with Gasteiger partial charge in [-0.15, -0.1) is 0 Å². The van der Waals surface area contributed by atoms with Crippen molar-refractivity contribution in [2.45, 2.75) is 34.3 Å². The van der Waals surface area contributed by atoms with E-state index in [9.17, 15) is 4.79 Å². The van der Waals surface area contributed by atoms with E-state index in [1.807, 2.05) is 27.7 Å². The molecule has 0 aliphatic rings. The van der Waals surface area contributed by atoms with Gasteiger partial charge in [0.1, 0.15) is 12.4 Å². The summed E-state index contributed by atoms with van der Waals surface area (Å²) >= 11 is 0. The van der Waals surface area contributed by atoms with Gasteiger partial charge in [-0.1, -0.05) is 19.0 Å². The van der Waals surface area contributed by atoms with Gasteiger partial charge in [0.2, 0.25) is 0 Å². The topological polar surface area (TPSA) is 73.6 Å². The number of ether oxygens (including phenoxy) is 2. The lowest BCUT2D eigenvalue weighted by Gasteiger charge is -2.13. The lowest BCUT2D eigenvalue weighted by Crippen LogP contribution is -2.27. The number of amides is 1. The third kappa shape index (κ3) is 4.28. The van der Waals surface area contributed by atoms with E-state index < -0.39 is 0 Å². The van der Waals surface area contributed by atoms with Gasteiger partial charge in [-0.2, -0.15) is 0 Å². The average Bonchev–Trinajstić information content (AvgIpc) is 2.88. The fraction of sp³-hybridized carbons (Fsp3) is 0.444. The Morgan fingerprint density at radius 3 is 2.62 bits per heavy atom. The van der Waals surface area contributed by atoms with Crippen LogP contribution >= 0.6 is 0 Å². The maximum atomic E-state index is 12.1. The zero-order chi connectivity index (χ0) is 17.7. The lowest BCUT2D eigenvalue weighted by molar-refractivity contribution is 0.0948. The zero-order valence-electron chi connectivity index (χ0n) is 14.8. The predicted molar refractivity (Wildman–Crippen MR) is 90.5 cm³/mol. The molecule has 0 radical (unpaired) electrons. The number of nitrogens with zero attached hydrogens (tertiary/aromatic N) is 1. The Hall–Kier alpha value is -2.50. The monoisotopic (exact) mass is 332 g/mol. The molecule has 2 aromatic rings. The Morgan fingerprint density at radius 1 is 1.29 bits per heavy atom. The van der Waals surface area contributed by atoms with E-state index in [1.54, 1.807) is 25.3 Å². The normalized spacial score (nSPS) is 10.8. The van der Waals surface area contributed by atoms with Gasteiger partial charge in [0.05, 0.1) is 18.4 Å². The first kappa shape index (κ1) is 17.8. The summed E-state index contributed by atoms with van der Waals surface area (Å²) in [7, 11) is 1.55. The van der Waals surface area contributed by atoms with Crippen molar-refractivity contribution in [3.05, 3.63) is 40.8 Å². The second-order valence-corrected chi connectivity index (χ2v) is 6.06. The standard InChI is InChI=1S/C18H24N2O4/c1-11(2)9-19-18(21)14-6-7-16(17(8-14)22-5)23-10-15-12(3)20-24-13(15)4/h6-8,11H,9-10H2,1-5H3,(H,19,21). The first-order valence-corrected chi connectivity index (χ1v) is 7.93. The highest BCUT2D eigenvalue weighted by Gasteiger charge is 2.14. The molecule has 0 spiro atoms. The van der Waals surface area contributed by atoms with Crippen LogP contribution in [0.1, 0.15) is 41.2 Å². The number of aromatic nitrogens is 1. The average molecular weight is 332 g/mol. The van der Waals surface area contributed by atoms with Crippen molar-refractivity contribution in [1.29, 1.82) is 0 Å². The quantitative estimate of drug-likeness (QED) is 0.842. The van der Waals surface area contributed by atoms with Crippen molar-refractivity contribution in [1.82, 2.24) is 10.5 Å². The molecule has 0 aliphatic carbocycles. The number of hydrogen-bond acceptors (Lipinski definition) is 5. The van der Waals surface area contributed by atoms with Crippen LogP contribution in [0.4, 0.5) is 0 Å².